The normalized spacial score (nSPS) is 10.8. The van der Waals surface area contributed by atoms with E-state index in [0.29, 0.717) is 21.6 Å². The second-order valence-electron chi connectivity index (χ2n) is 4.35. The summed E-state index contributed by atoms with van der Waals surface area (Å²) in [4.78, 5) is 19.6. The molecular weight excluding hydrogens is 338 g/mol. The molecule has 3 aromatic rings. The summed E-state index contributed by atoms with van der Waals surface area (Å²) in [5, 5.41) is 17.1. The Morgan fingerprint density at radius 2 is 2.19 bits per heavy atom. The largest absolute Gasteiger partial charge is 0.478 e. The average Bonchev–Trinajstić information content (AvgIpc) is 2.83. The van der Waals surface area contributed by atoms with Crippen molar-refractivity contribution in [3.63, 3.8) is 0 Å². The van der Waals surface area contributed by atoms with Crippen LogP contribution in [0.1, 0.15) is 10.4 Å². The van der Waals surface area contributed by atoms with Crippen LogP contribution in [-0.2, 0) is 7.05 Å². The number of aromatic nitrogens is 4. The van der Waals surface area contributed by atoms with Gasteiger partial charge in [0, 0.05) is 11.5 Å². The number of carboxylic acid groups (broad SMARTS) is 1. The molecule has 0 unspecified atom stereocenters. The Hall–Kier alpha value is -2.48. The zero-order valence-electron chi connectivity index (χ0n) is 10.9. The van der Waals surface area contributed by atoms with Crippen LogP contribution in [0.15, 0.2) is 35.2 Å². The molecule has 0 aliphatic heterocycles. The van der Waals surface area contributed by atoms with E-state index in [1.54, 1.807) is 30.1 Å². The number of rotatable bonds is 3. The van der Waals surface area contributed by atoms with E-state index in [2.05, 4.69) is 36.3 Å². The predicted molar refractivity (Wildman–Crippen MR) is 80.7 cm³/mol. The van der Waals surface area contributed by atoms with Crippen LogP contribution in [0.4, 0.5) is 11.5 Å². The molecule has 2 aromatic heterocycles. The molecule has 8 heteroatoms. The van der Waals surface area contributed by atoms with Crippen molar-refractivity contribution in [3.8, 4) is 0 Å². The standard InChI is InChI=1S/C13H10BrN5O2/c1-19-12-9(5-17-19)11(15-6-16-12)18-10-3-2-7(14)4-8(10)13(20)21/h2-6H,1H3,(H,20,21)(H,15,16,18). The maximum absolute atomic E-state index is 11.3. The Bertz CT molecular complexity index is 846. The van der Waals surface area contributed by atoms with Crippen LogP contribution in [-0.4, -0.2) is 30.8 Å². The number of carboxylic acids is 1. The molecule has 0 spiro atoms. The number of hydrogen-bond donors (Lipinski definition) is 2. The highest BCUT2D eigenvalue weighted by Crippen LogP contribution is 2.26. The van der Waals surface area contributed by atoms with Gasteiger partial charge in [-0.25, -0.2) is 14.8 Å². The first kappa shape index (κ1) is 13.5. The molecule has 3 rings (SSSR count). The van der Waals surface area contributed by atoms with Crippen molar-refractivity contribution < 1.29 is 9.90 Å². The Labute approximate surface area is 127 Å². The highest BCUT2D eigenvalue weighted by molar-refractivity contribution is 9.10. The van der Waals surface area contributed by atoms with E-state index in [9.17, 15) is 9.90 Å². The van der Waals surface area contributed by atoms with Gasteiger partial charge < -0.3 is 10.4 Å². The summed E-state index contributed by atoms with van der Waals surface area (Å²) in [6.45, 7) is 0. The van der Waals surface area contributed by atoms with Gasteiger partial charge in [0.05, 0.1) is 22.8 Å². The van der Waals surface area contributed by atoms with E-state index in [-0.39, 0.29) is 5.56 Å². The third kappa shape index (κ3) is 2.45. The number of benzene rings is 1. The monoisotopic (exact) mass is 347 g/mol. The number of hydrogen-bond acceptors (Lipinski definition) is 5. The number of nitrogens with one attached hydrogen (secondary N) is 1. The molecule has 0 bridgehead atoms. The van der Waals surface area contributed by atoms with Gasteiger partial charge in [-0.3, -0.25) is 4.68 Å². The van der Waals surface area contributed by atoms with Crippen LogP contribution in [0.25, 0.3) is 11.0 Å². The van der Waals surface area contributed by atoms with Crippen LogP contribution in [0, 0.1) is 0 Å². The van der Waals surface area contributed by atoms with Gasteiger partial charge in [-0.05, 0) is 18.2 Å². The summed E-state index contributed by atoms with van der Waals surface area (Å²) >= 11 is 3.26. The second-order valence-corrected chi connectivity index (χ2v) is 5.26. The molecule has 2 N–H and O–H groups in total. The summed E-state index contributed by atoms with van der Waals surface area (Å²) in [7, 11) is 1.78. The van der Waals surface area contributed by atoms with Crippen molar-refractivity contribution in [3.05, 3.63) is 40.8 Å². The van der Waals surface area contributed by atoms with Crippen LogP contribution in [0.5, 0.6) is 0 Å². The van der Waals surface area contributed by atoms with Crippen LogP contribution in [0.2, 0.25) is 0 Å². The Kier molecular flexibility index (Phi) is 3.30. The fourth-order valence-electron chi connectivity index (χ4n) is 1.99. The fourth-order valence-corrected chi connectivity index (χ4v) is 2.35. The second kappa shape index (κ2) is 5.13. The van der Waals surface area contributed by atoms with E-state index in [1.165, 1.54) is 12.4 Å². The molecule has 0 amide bonds. The van der Waals surface area contributed by atoms with E-state index >= 15 is 0 Å². The maximum Gasteiger partial charge on any atom is 0.337 e. The van der Waals surface area contributed by atoms with Gasteiger partial charge in [-0.2, -0.15) is 5.10 Å². The van der Waals surface area contributed by atoms with Gasteiger partial charge >= 0.3 is 5.97 Å². The number of anilines is 2. The molecule has 7 nitrogen and oxygen atoms in total. The minimum atomic E-state index is -1.02. The number of aromatic carboxylic acids is 1. The molecule has 106 valence electrons. The van der Waals surface area contributed by atoms with Crippen molar-refractivity contribution >= 4 is 44.4 Å². The summed E-state index contributed by atoms with van der Waals surface area (Å²) < 4.78 is 2.32. The van der Waals surface area contributed by atoms with Crippen LogP contribution in [0.3, 0.4) is 0 Å². The highest BCUT2D eigenvalue weighted by atomic mass is 79.9. The molecular formula is C13H10BrN5O2. The van der Waals surface area contributed by atoms with Crippen LogP contribution >= 0.6 is 15.9 Å². The van der Waals surface area contributed by atoms with Crippen LogP contribution < -0.4 is 5.32 Å². The van der Waals surface area contributed by atoms with Gasteiger partial charge in [-0.1, -0.05) is 15.9 Å². The summed E-state index contributed by atoms with van der Waals surface area (Å²) in [5.74, 6) is -0.506. The molecule has 0 saturated heterocycles. The molecule has 0 atom stereocenters. The SMILES string of the molecule is Cn1ncc2c(Nc3ccc(Br)cc3C(=O)O)ncnc21. The zero-order chi connectivity index (χ0) is 15.0. The Morgan fingerprint density at radius 1 is 1.38 bits per heavy atom. The van der Waals surface area contributed by atoms with E-state index in [1.807, 2.05) is 0 Å². The Morgan fingerprint density at radius 3 is 2.95 bits per heavy atom. The van der Waals surface area contributed by atoms with Gasteiger partial charge in [0.25, 0.3) is 0 Å². The average molecular weight is 348 g/mol. The molecule has 2 heterocycles. The molecule has 1 aromatic carbocycles. The first-order valence-electron chi connectivity index (χ1n) is 5.99. The van der Waals surface area contributed by atoms with Crippen molar-refractivity contribution in [2.45, 2.75) is 0 Å². The van der Waals surface area contributed by atoms with Crippen molar-refractivity contribution in [2.24, 2.45) is 7.05 Å². The number of aryl methyl sites for hydroxylation is 1. The van der Waals surface area contributed by atoms with E-state index in [4.69, 9.17) is 0 Å². The maximum atomic E-state index is 11.3. The topological polar surface area (TPSA) is 92.9 Å². The lowest BCUT2D eigenvalue weighted by Gasteiger charge is -2.09. The summed E-state index contributed by atoms with van der Waals surface area (Å²) in [6.07, 6.45) is 3.04. The minimum Gasteiger partial charge on any atom is -0.478 e. The molecule has 0 fully saturated rings. The van der Waals surface area contributed by atoms with Crippen molar-refractivity contribution in [1.29, 1.82) is 0 Å². The lowest BCUT2D eigenvalue weighted by Crippen LogP contribution is -2.04. The van der Waals surface area contributed by atoms with E-state index in [0.717, 1.165) is 5.39 Å². The molecule has 0 radical (unpaired) electrons. The molecule has 0 aliphatic carbocycles. The van der Waals surface area contributed by atoms with Gasteiger partial charge in [0.1, 0.15) is 12.1 Å². The fraction of sp³-hybridized carbons (Fsp3) is 0.0769. The molecule has 0 saturated carbocycles. The van der Waals surface area contributed by atoms with Gasteiger partial charge in [0.2, 0.25) is 0 Å². The van der Waals surface area contributed by atoms with Gasteiger partial charge in [-0.15, -0.1) is 0 Å². The number of halogens is 1. The summed E-state index contributed by atoms with van der Waals surface area (Å²) in [5.41, 5.74) is 1.27. The third-order valence-electron chi connectivity index (χ3n) is 2.99. The lowest BCUT2D eigenvalue weighted by atomic mass is 10.2. The number of nitrogens with zero attached hydrogens (tertiary/aromatic N) is 4. The first-order valence-corrected chi connectivity index (χ1v) is 6.78. The first-order chi connectivity index (χ1) is 10.1. The lowest BCUT2D eigenvalue weighted by molar-refractivity contribution is 0.0698. The number of fused-ring (bicyclic) bond motifs is 1. The van der Waals surface area contributed by atoms with Crippen molar-refractivity contribution in [1.82, 2.24) is 19.7 Å². The van der Waals surface area contributed by atoms with Gasteiger partial charge in [0.15, 0.2) is 5.65 Å². The van der Waals surface area contributed by atoms with Crippen molar-refractivity contribution in [2.75, 3.05) is 5.32 Å². The third-order valence-corrected chi connectivity index (χ3v) is 3.49. The van der Waals surface area contributed by atoms with E-state index < -0.39 is 5.97 Å². The zero-order valence-corrected chi connectivity index (χ0v) is 12.5. The predicted octanol–water partition coefficient (Wildman–Crippen LogP) is 2.57. The smallest absolute Gasteiger partial charge is 0.337 e. The minimum absolute atomic E-state index is 0.153. The number of carbonyl (C=O) groups is 1. The molecule has 21 heavy (non-hydrogen) atoms. The highest BCUT2D eigenvalue weighted by Gasteiger charge is 2.13. The summed E-state index contributed by atoms with van der Waals surface area (Å²) in [6, 6.07) is 4.97. The molecule has 0 aliphatic rings. The quantitative estimate of drug-likeness (QED) is 0.756. The Balaban J connectivity index is 2.09.